The minimum absolute atomic E-state index is 0.0685. The zero-order chi connectivity index (χ0) is 55.5. The molecule has 29 atom stereocenters. The van der Waals surface area contributed by atoms with E-state index in [1.165, 1.54) is 0 Å². The number of carbonyl (C=O) groups is 1. The van der Waals surface area contributed by atoms with Crippen LogP contribution in [0.4, 0.5) is 0 Å². The number of carbonyl (C=O) groups excluding carboxylic acids is 1. The summed E-state index contributed by atoms with van der Waals surface area (Å²) in [7, 11) is 0. The van der Waals surface area contributed by atoms with Crippen LogP contribution in [0.15, 0.2) is 10.2 Å². The molecule has 27 nitrogen and oxygen atoms in total. The molecular formula is C48H79IO27. The third-order valence-electron chi connectivity index (χ3n) is 17.6. The van der Waals surface area contributed by atoms with Gasteiger partial charge in [0.15, 0.2) is 0 Å². The first-order valence-electron chi connectivity index (χ1n) is 25.9. The van der Waals surface area contributed by atoms with Crippen LogP contribution in [-0.4, -0.2) is 273 Å². The number of allylic oxidation sites excluding steroid dienone is 1. The third-order valence-corrected chi connectivity index (χ3v) is 22.4. The Balaban J connectivity index is 1.04. The molecule has 8 rings (SSSR count). The summed E-state index contributed by atoms with van der Waals surface area (Å²) in [5.74, 6) is -1.07. The molecule has 6 aliphatic heterocycles. The van der Waals surface area contributed by atoms with E-state index in [9.17, 15) is 86.5 Å². The van der Waals surface area contributed by atoms with E-state index >= 15 is 0 Å². The fourth-order valence-electron chi connectivity index (χ4n) is 13.3. The molecule has 0 amide bonds. The summed E-state index contributed by atoms with van der Waals surface area (Å²) in [6.45, 7) is 6.94. The third kappa shape index (κ3) is 11.4. The van der Waals surface area contributed by atoms with Crippen LogP contribution < -0.4 is 0 Å². The summed E-state index contributed by atoms with van der Waals surface area (Å²) >= 11 is -3.03. The van der Waals surface area contributed by atoms with Crippen molar-refractivity contribution in [3.05, 3.63) is 10.2 Å². The Morgan fingerprint density at radius 1 is 0.553 bits per heavy atom. The Labute approximate surface area is 445 Å². The quantitative estimate of drug-likeness (QED) is 0.0438. The number of hydrogen-bond donors (Lipinski definition) is 16. The normalized spacial score (nSPS) is 52.8. The number of ether oxygens (including phenoxy) is 9. The maximum absolute atomic E-state index is 14.8. The van der Waals surface area contributed by atoms with Gasteiger partial charge in [-0.25, -0.2) is 0 Å². The first-order valence-corrected chi connectivity index (χ1v) is 29.4. The van der Waals surface area contributed by atoms with Crippen LogP contribution in [0.1, 0.15) is 65.7 Å². The molecule has 2 aliphatic carbocycles. The molecular weight excluding hydrogens is 1140 g/mol. The standard InChI is InChI=1S/C48H79IO27/c1-18-12-46(2)10-6-25-47(3,8-5-9-48(25,4)45(66)75-43-38(33(62)29(58)22(15-52)70-43)73-40-34(63)26(55)19(54)17-67-40)24(46)7-11-49(18)76-44-39(74-42-36(65)32(61)28(57)21(14-51)69-42)37(30(59)23(16-53)71-44)72-41-35(64)31(60)27(56)20(13-50)68-41/h19-44,50-65H,1,5-17H2,2-4H3/t19-,20?,21?,22?,23?,24-,25?,26?,27-,28-,29+,30-,31?,32?,33?,34?,35?,36?,37?,38?,39?,40+,41+,42+,43+,44+,46-,47+,48-/m1/s1. The Morgan fingerprint density at radius 2 is 1.05 bits per heavy atom. The molecule has 16 N–H and O–H groups in total. The van der Waals surface area contributed by atoms with E-state index in [0.29, 0.717) is 49.4 Å². The van der Waals surface area contributed by atoms with Crippen LogP contribution in [0.2, 0.25) is 0 Å². The predicted octanol–water partition coefficient (Wildman–Crippen LogP) is -5.78. The van der Waals surface area contributed by atoms with E-state index < -0.39 is 223 Å². The van der Waals surface area contributed by atoms with Crippen molar-refractivity contribution >= 4 is 26.2 Å². The van der Waals surface area contributed by atoms with Gasteiger partial charge in [0.25, 0.3) is 0 Å². The summed E-state index contributed by atoms with van der Waals surface area (Å²) in [5, 5.41) is 170. The molecule has 6 saturated heterocycles. The molecule has 0 aromatic carbocycles. The predicted molar refractivity (Wildman–Crippen MR) is 258 cm³/mol. The Morgan fingerprint density at radius 3 is 1.63 bits per heavy atom. The van der Waals surface area contributed by atoms with Crippen molar-refractivity contribution in [3.8, 4) is 0 Å². The van der Waals surface area contributed by atoms with Crippen molar-refractivity contribution < 1.29 is 132 Å². The molecule has 0 bridgehead atoms. The van der Waals surface area contributed by atoms with Crippen LogP contribution in [0.3, 0.4) is 0 Å². The van der Waals surface area contributed by atoms with Gasteiger partial charge in [0, 0.05) is 0 Å². The van der Waals surface area contributed by atoms with Crippen LogP contribution in [0.25, 0.3) is 0 Å². The van der Waals surface area contributed by atoms with Gasteiger partial charge in [0.05, 0.1) is 6.61 Å². The fourth-order valence-corrected chi connectivity index (χ4v) is 18.2. The van der Waals surface area contributed by atoms with Gasteiger partial charge in [0.2, 0.25) is 0 Å². The van der Waals surface area contributed by atoms with Crippen molar-refractivity contribution in [2.75, 3.05) is 37.5 Å². The first-order chi connectivity index (χ1) is 35.9. The minimum atomic E-state index is -3.03. The molecule has 2 saturated carbocycles. The molecule has 6 heterocycles. The van der Waals surface area contributed by atoms with Gasteiger partial charge in [-0.2, -0.15) is 0 Å². The zero-order valence-corrected chi connectivity index (χ0v) is 44.6. The number of halogens is 1. The van der Waals surface area contributed by atoms with Gasteiger partial charge in [-0.05, 0) is 0 Å². The molecule has 15 unspecified atom stereocenters. The molecule has 8 fully saturated rings. The second kappa shape index (κ2) is 24.4. The number of aliphatic hydroxyl groups is 16. The van der Waals surface area contributed by atoms with E-state index in [-0.39, 0.29) is 11.8 Å². The summed E-state index contributed by atoms with van der Waals surface area (Å²) in [4.78, 5) is 14.8. The van der Waals surface area contributed by atoms with Crippen molar-refractivity contribution in [2.45, 2.75) is 213 Å². The van der Waals surface area contributed by atoms with Crippen molar-refractivity contribution in [3.63, 3.8) is 0 Å². The molecule has 76 heavy (non-hydrogen) atoms. The molecule has 0 aromatic heterocycles. The van der Waals surface area contributed by atoms with E-state index in [2.05, 4.69) is 20.4 Å². The second-order valence-electron chi connectivity index (χ2n) is 22.4. The number of hydrogen-bond acceptors (Lipinski definition) is 27. The van der Waals surface area contributed by atoms with E-state index in [1.807, 2.05) is 0 Å². The molecule has 0 aromatic rings. The van der Waals surface area contributed by atoms with Gasteiger partial charge >= 0.3 is 392 Å². The summed E-state index contributed by atoms with van der Waals surface area (Å²) in [6, 6.07) is 0. The average molecular weight is 1220 g/mol. The molecule has 440 valence electrons. The fraction of sp³-hybridized carbons (Fsp3) is 0.938. The second-order valence-corrected chi connectivity index (χ2v) is 27.4. The summed E-state index contributed by atoms with van der Waals surface area (Å²) in [5.41, 5.74) is -2.10. The first kappa shape index (κ1) is 61.0. The van der Waals surface area contributed by atoms with E-state index in [4.69, 9.17) is 45.7 Å². The van der Waals surface area contributed by atoms with Crippen LogP contribution in [0, 0.1) is 28.1 Å². The van der Waals surface area contributed by atoms with Gasteiger partial charge in [-0.15, -0.1) is 0 Å². The summed E-state index contributed by atoms with van der Waals surface area (Å²) < 4.78 is 61.1. The number of alkyl halides is 1. The molecule has 0 spiro atoms. The van der Waals surface area contributed by atoms with E-state index in [1.54, 1.807) is 6.92 Å². The number of esters is 1. The monoisotopic (exact) mass is 1210 g/mol. The Bertz CT molecular complexity index is 1960. The number of aliphatic hydroxyl groups excluding tert-OH is 16. The number of fused-ring (bicyclic) bond motifs is 3. The SMILES string of the molecule is C=C1C[C@@]2(C)CCC3[C@](C)(C(=O)O[C@@H]4OC(CO)[C@H](O)C(O)C4O[C@@H]4OC[C@@H](O)C(O)C4O)CCC[C@@]3(C)[C@@H]2CCI1O[C@@H]1OC(CO)[C@@H](O)C(O[C@@H]2OC(CO)[C@@H](O)C(O)C2O)C1O[C@@H]1OC(CO)[C@@H](O)C(O)C1O. The maximum atomic E-state index is 14.8. The molecule has 28 heteroatoms. The topological polar surface area (TPSA) is 433 Å². The van der Waals surface area contributed by atoms with Crippen molar-refractivity contribution in [1.29, 1.82) is 0 Å². The van der Waals surface area contributed by atoms with Gasteiger partial charge in [0.1, 0.15) is 18.3 Å². The Hall–Kier alpha value is -1.06. The molecule has 0 radical (unpaired) electrons. The van der Waals surface area contributed by atoms with Crippen LogP contribution in [0.5, 0.6) is 0 Å². The van der Waals surface area contributed by atoms with E-state index in [0.717, 1.165) is 3.58 Å². The average Bonchev–Trinajstić information content (AvgIpc) is 3.52. The summed E-state index contributed by atoms with van der Waals surface area (Å²) in [6.07, 6.45) is -37.4. The van der Waals surface area contributed by atoms with Gasteiger partial charge in [-0.1, -0.05) is 0 Å². The van der Waals surface area contributed by atoms with Crippen LogP contribution in [-0.2, 0) is 50.5 Å². The molecule has 8 aliphatic rings. The van der Waals surface area contributed by atoms with Crippen LogP contribution >= 0.6 is 20.2 Å². The van der Waals surface area contributed by atoms with Gasteiger partial charge in [-0.3, -0.25) is 0 Å². The van der Waals surface area contributed by atoms with Crippen molar-refractivity contribution in [1.82, 2.24) is 0 Å². The number of rotatable bonds is 14. The van der Waals surface area contributed by atoms with Gasteiger partial charge < -0.3 is 30.3 Å². The zero-order valence-electron chi connectivity index (χ0n) is 42.4. The Kier molecular flexibility index (Phi) is 19.6. The van der Waals surface area contributed by atoms with Crippen molar-refractivity contribution in [2.24, 2.45) is 28.1 Å².